The van der Waals surface area contributed by atoms with Crippen LogP contribution in [0.25, 0.3) is 0 Å². The topological polar surface area (TPSA) is 21.3 Å². The molecule has 21 heavy (non-hydrogen) atoms. The van der Waals surface area contributed by atoms with E-state index >= 15 is 0 Å². The molecular formula is C17H19BrClNO. The molecule has 0 atom stereocenters. The SMILES string of the molecule is CC(C)NCc1ccccc1COc1ccc(Br)cc1Cl. The molecule has 0 heterocycles. The summed E-state index contributed by atoms with van der Waals surface area (Å²) in [5.74, 6) is 0.700. The van der Waals surface area contributed by atoms with E-state index in [-0.39, 0.29) is 0 Å². The van der Waals surface area contributed by atoms with E-state index in [1.807, 2.05) is 30.3 Å². The molecule has 112 valence electrons. The van der Waals surface area contributed by atoms with Crippen molar-refractivity contribution in [3.05, 3.63) is 63.1 Å². The van der Waals surface area contributed by atoms with Gasteiger partial charge in [0.25, 0.3) is 0 Å². The standard InChI is InChI=1S/C17H19BrClNO/c1-12(2)20-10-13-5-3-4-6-14(13)11-21-17-8-7-15(18)9-16(17)19/h3-9,12,20H,10-11H2,1-2H3. The van der Waals surface area contributed by atoms with Crippen LogP contribution in [-0.2, 0) is 13.2 Å². The van der Waals surface area contributed by atoms with Crippen LogP contribution in [0.3, 0.4) is 0 Å². The lowest BCUT2D eigenvalue weighted by Crippen LogP contribution is -2.22. The lowest BCUT2D eigenvalue weighted by Gasteiger charge is -2.14. The van der Waals surface area contributed by atoms with Crippen LogP contribution in [0, 0.1) is 0 Å². The fraction of sp³-hybridized carbons (Fsp3) is 0.294. The summed E-state index contributed by atoms with van der Waals surface area (Å²) in [7, 11) is 0. The number of benzene rings is 2. The van der Waals surface area contributed by atoms with E-state index in [1.165, 1.54) is 11.1 Å². The maximum Gasteiger partial charge on any atom is 0.138 e. The third-order valence-corrected chi connectivity index (χ3v) is 3.88. The van der Waals surface area contributed by atoms with E-state index in [9.17, 15) is 0 Å². The van der Waals surface area contributed by atoms with E-state index in [4.69, 9.17) is 16.3 Å². The number of ether oxygens (including phenoxy) is 1. The number of nitrogens with one attached hydrogen (secondary N) is 1. The van der Waals surface area contributed by atoms with Crippen molar-refractivity contribution in [2.45, 2.75) is 33.0 Å². The quantitative estimate of drug-likeness (QED) is 0.758. The number of rotatable bonds is 6. The Morgan fingerprint density at radius 1 is 1.14 bits per heavy atom. The van der Waals surface area contributed by atoms with Crippen LogP contribution >= 0.6 is 27.5 Å². The van der Waals surface area contributed by atoms with E-state index in [0.717, 1.165) is 11.0 Å². The molecule has 0 aromatic heterocycles. The fourth-order valence-corrected chi connectivity index (χ4v) is 2.66. The van der Waals surface area contributed by atoms with Crippen molar-refractivity contribution < 1.29 is 4.74 Å². The van der Waals surface area contributed by atoms with Crippen molar-refractivity contribution in [1.29, 1.82) is 0 Å². The summed E-state index contributed by atoms with van der Waals surface area (Å²) in [5, 5.41) is 4.04. The summed E-state index contributed by atoms with van der Waals surface area (Å²) in [6.07, 6.45) is 0. The molecule has 0 saturated heterocycles. The largest absolute Gasteiger partial charge is 0.487 e. The number of halogens is 2. The van der Waals surface area contributed by atoms with Crippen molar-refractivity contribution >= 4 is 27.5 Å². The Labute approximate surface area is 139 Å². The molecule has 0 amide bonds. The Hall–Kier alpha value is -1.03. The molecule has 2 nitrogen and oxygen atoms in total. The van der Waals surface area contributed by atoms with E-state index < -0.39 is 0 Å². The second-order valence-corrected chi connectivity index (χ2v) is 6.49. The van der Waals surface area contributed by atoms with Gasteiger partial charge in [0.05, 0.1) is 5.02 Å². The van der Waals surface area contributed by atoms with Gasteiger partial charge in [0.1, 0.15) is 12.4 Å². The molecule has 0 radical (unpaired) electrons. The van der Waals surface area contributed by atoms with Gasteiger partial charge in [0, 0.05) is 17.1 Å². The molecule has 0 bridgehead atoms. The van der Waals surface area contributed by atoms with Gasteiger partial charge in [-0.05, 0) is 29.3 Å². The van der Waals surface area contributed by atoms with Gasteiger partial charge < -0.3 is 10.1 Å². The molecule has 4 heteroatoms. The normalized spacial score (nSPS) is 10.9. The highest BCUT2D eigenvalue weighted by Gasteiger charge is 2.06. The van der Waals surface area contributed by atoms with Gasteiger partial charge in [0.2, 0.25) is 0 Å². The minimum atomic E-state index is 0.458. The van der Waals surface area contributed by atoms with Crippen LogP contribution in [0.5, 0.6) is 5.75 Å². The van der Waals surface area contributed by atoms with Gasteiger partial charge >= 0.3 is 0 Å². The molecule has 0 aliphatic rings. The van der Waals surface area contributed by atoms with Crippen LogP contribution in [0.2, 0.25) is 5.02 Å². The second-order valence-electron chi connectivity index (χ2n) is 5.17. The molecule has 0 aliphatic carbocycles. The molecular weight excluding hydrogens is 350 g/mol. The van der Waals surface area contributed by atoms with Gasteiger partial charge in [-0.3, -0.25) is 0 Å². The van der Waals surface area contributed by atoms with E-state index in [0.29, 0.717) is 23.4 Å². The lowest BCUT2D eigenvalue weighted by molar-refractivity contribution is 0.304. The molecule has 2 aromatic carbocycles. The van der Waals surface area contributed by atoms with Crippen molar-refractivity contribution in [3.8, 4) is 5.75 Å². The van der Waals surface area contributed by atoms with Crippen LogP contribution in [0.1, 0.15) is 25.0 Å². The average molecular weight is 369 g/mol. The molecule has 0 saturated carbocycles. The van der Waals surface area contributed by atoms with Crippen molar-refractivity contribution in [2.75, 3.05) is 0 Å². The third kappa shape index (κ3) is 5.03. The first kappa shape index (κ1) is 16.3. The molecule has 0 fully saturated rings. The summed E-state index contributed by atoms with van der Waals surface area (Å²) in [5.41, 5.74) is 2.42. The summed E-state index contributed by atoms with van der Waals surface area (Å²) < 4.78 is 6.79. The Balaban J connectivity index is 2.05. The molecule has 2 aromatic rings. The number of hydrogen-bond donors (Lipinski definition) is 1. The van der Waals surface area contributed by atoms with Gasteiger partial charge in [-0.1, -0.05) is 65.6 Å². The maximum absolute atomic E-state index is 6.17. The van der Waals surface area contributed by atoms with Crippen molar-refractivity contribution in [3.63, 3.8) is 0 Å². The van der Waals surface area contributed by atoms with Crippen LogP contribution in [-0.4, -0.2) is 6.04 Å². The molecule has 1 N–H and O–H groups in total. The summed E-state index contributed by atoms with van der Waals surface area (Å²) in [4.78, 5) is 0. The highest BCUT2D eigenvalue weighted by molar-refractivity contribution is 9.10. The van der Waals surface area contributed by atoms with Crippen LogP contribution in [0.4, 0.5) is 0 Å². The van der Waals surface area contributed by atoms with Crippen LogP contribution in [0.15, 0.2) is 46.9 Å². The highest BCUT2D eigenvalue weighted by Crippen LogP contribution is 2.28. The van der Waals surface area contributed by atoms with Gasteiger partial charge in [-0.15, -0.1) is 0 Å². The first-order valence-corrected chi connectivity index (χ1v) is 8.11. The van der Waals surface area contributed by atoms with Gasteiger partial charge in [-0.2, -0.15) is 0 Å². The summed E-state index contributed by atoms with van der Waals surface area (Å²) in [6.45, 7) is 5.63. The fourth-order valence-electron chi connectivity index (χ4n) is 1.93. The Kier molecular flexibility index (Phi) is 6.09. The van der Waals surface area contributed by atoms with Gasteiger partial charge in [0.15, 0.2) is 0 Å². The first-order valence-electron chi connectivity index (χ1n) is 6.94. The smallest absolute Gasteiger partial charge is 0.138 e. The first-order chi connectivity index (χ1) is 10.1. The zero-order chi connectivity index (χ0) is 15.2. The predicted octanol–water partition coefficient (Wildman–Crippen LogP) is 5.18. The summed E-state index contributed by atoms with van der Waals surface area (Å²) >= 11 is 9.56. The minimum absolute atomic E-state index is 0.458. The Morgan fingerprint density at radius 2 is 1.86 bits per heavy atom. The highest BCUT2D eigenvalue weighted by atomic mass is 79.9. The molecule has 0 unspecified atom stereocenters. The third-order valence-electron chi connectivity index (χ3n) is 3.10. The zero-order valence-corrected chi connectivity index (χ0v) is 14.5. The minimum Gasteiger partial charge on any atom is -0.487 e. The van der Waals surface area contributed by atoms with Crippen molar-refractivity contribution in [2.24, 2.45) is 0 Å². The lowest BCUT2D eigenvalue weighted by atomic mass is 10.1. The van der Waals surface area contributed by atoms with Crippen LogP contribution < -0.4 is 10.1 Å². The number of hydrogen-bond acceptors (Lipinski definition) is 2. The average Bonchev–Trinajstić information content (AvgIpc) is 2.45. The van der Waals surface area contributed by atoms with Crippen molar-refractivity contribution in [1.82, 2.24) is 5.32 Å². The monoisotopic (exact) mass is 367 g/mol. The molecule has 2 rings (SSSR count). The summed E-state index contributed by atoms with van der Waals surface area (Å²) in [6, 6.07) is 14.4. The Morgan fingerprint density at radius 3 is 2.52 bits per heavy atom. The van der Waals surface area contributed by atoms with E-state index in [1.54, 1.807) is 0 Å². The Bertz CT molecular complexity index is 601. The van der Waals surface area contributed by atoms with Gasteiger partial charge in [-0.25, -0.2) is 0 Å². The molecule has 0 spiro atoms. The molecule has 0 aliphatic heterocycles. The maximum atomic E-state index is 6.17. The van der Waals surface area contributed by atoms with E-state index in [2.05, 4.69) is 47.2 Å². The predicted molar refractivity (Wildman–Crippen MR) is 91.9 cm³/mol. The second kappa shape index (κ2) is 7.83. The zero-order valence-electron chi connectivity index (χ0n) is 12.2.